The molecule has 0 aromatic heterocycles. The molecule has 20 heavy (non-hydrogen) atoms. The molecule has 0 amide bonds. The van der Waals surface area contributed by atoms with Gasteiger partial charge in [-0.3, -0.25) is 0 Å². The van der Waals surface area contributed by atoms with Gasteiger partial charge in [0.25, 0.3) is 0 Å². The Kier molecular flexibility index (Phi) is 4.88. The van der Waals surface area contributed by atoms with Gasteiger partial charge in [0.1, 0.15) is 5.75 Å². The Balaban J connectivity index is 1.96. The highest BCUT2D eigenvalue weighted by atomic mass is 16.5. The number of rotatable bonds is 6. The molecular weight excluding hydrogens is 248 g/mol. The number of hydrogen-bond acceptors (Lipinski definition) is 3. The van der Waals surface area contributed by atoms with E-state index in [2.05, 4.69) is 36.5 Å². The van der Waals surface area contributed by atoms with Crippen LogP contribution in [0.15, 0.2) is 42.5 Å². The topological polar surface area (TPSA) is 47.3 Å². The van der Waals surface area contributed by atoms with Crippen LogP contribution in [0.2, 0.25) is 0 Å². The van der Waals surface area contributed by atoms with E-state index in [4.69, 9.17) is 10.5 Å². The Hall–Kier alpha value is -2.16. The summed E-state index contributed by atoms with van der Waals surface area (Å²) < 4.78 is 5.49. The first-order valence-electron chi connectivity index (χ1n) is 7.01. The van der Waals surface area contributed by atoms with E-state index < -0.39 is 0 Å². The minimum Gasteiger partial charge on any atom is -0.492 e. The molecule has 0 saturated carbocycles. The van der Waals surface area contributed by atoms with Crippen LogP contribution in [0.25, 0.3) is 0 Å². The molecule has 0 radical (unpaired) electrons. The summed E-state index contributed by atoms with van der Waals surface area (Å²) in [5.74, 6) is 0.744. The third kappa shape index (κ3) is 3.67. The van der Waals surface area contributed by atoms with Gasteiger partial charge in [-0.05, 0) is 38.0 Å². The number of nitrogens with one attached hydrogen (secondary N) is 1. The van der Waals surface area contributed by atoms with E-state index in [9.17, 15) is 0 Å². The average molecular weight is 270 g/mol. The van der Waals surface area contributed by atoms with Crippen molar-refractivity contribution in [1.82, 2.24) is 0 Å². The average Bonchev–Trinajstić information content (AvgIpc) is 2.43. The van der Waals surface area contributed by atoms with Crippen molar-refractivity contribution >= 4 is 11.4 Å². The van der Waals surface area contributed by atoms with E-state index in [1.165, 1.54) is 11.1 Å². The van der Waals surface area contributed by atoms with Gasteiger partial charge < -0.3 is 15.8 Å². The fraction of sp³-hybridized carbons (Fsp3) is 0.294. The van der Waals surface area contributed by atoms with Crippen molar-refractivity contribution < 1.29 is 4.74 Å². The van der Waals surface area contributed by atoms with E-state index in [1.54, 1.807) is 0 Å². The molecule has 0 aliphatic rings. The van der Waals surface area contributed by atoms with Crippen LogP contribution < -0.4 is 15.8 Å². The number of anilines is 2. The standard InChI is InChI=1S/C17H22N2O/c1-3-20-16-9-5-8-15(17(16)18)19-11-10-14-7-4-6-13(2)12-14/h4-9,12,19H,3,10-11,18H2,1-2H3. The smallest absolute Gasteiger partial charge is 0.144 e. The predicted octanol–water partition coefficient (Wildman–Crippen LogP) is 3.63. The molecular formula is C17H22N2O. The van der Waals surface area contributed by atoms with Gasteiger partial charge in [0.15, 0.2) is 0 Å². The molecule has 0 bridgehead atoms. The van der Waals surface area contributed by atoms with Crippen molar-refractivity contribution in [3.63, 3.8) is 0 Å². The molecule has 0 unspecified atom stereocenters. The lowest BCUT2D eigenvalue weighted by Gasteiger charge is -2.13. The fourth-order valence-corrected chi connectivity index (χ4v) is 2.19. The van der Waals surface area contributed by atoms with E-state index in [0.717, 1.165) is 24.4 Å². The van der Waals surface area contributed by atoms with Crippen molar-refractivity contribution in [2.24, 2.45) is 0 Å². The second kappa shape index (κ2) is 6.85. The van der Waals surface area contributed by atoms with E-state index in [0.29, 0.717) is 12.3 Å². The normalized spacial score (nSPS) is 10.3. The largest absolute Gasteiger partial charge is 0.492 e. The number of nitrogens with two attached hydrogens (primary N) is 1. The van der Waals surface area contributed by atoms with Gasteiger partial charge in [0, 0.05) is 6.54 Å². The molecule has 3 nitrogen and oxygen atoms in total. The highest BCUT2D eigenvalue weighted by Gasteiger charge is 2.04. The van der Waals surface area contributed by atoms with Crippen molar-refractivity contribution in [1.29, 1.82) is 0 Å². The summed E-state index contributed by atoms with van der Waals surface area (Å²) in [4.78, 5) is 0. The number of benzene rings is 2. The van der Waals surface area contributed by atoms with Crippen molar-refractivity contribution in [2.45, 2.75) is 20.3 Å². The van der Waals surface area contributed by atoms with Crippen LogP contribution in [0.3, 0.4) is 0 Å². The number of para-hydroxylation sites is 1. The van der Waals surface area contributed by atoms with Gasteiger partial charge in [0.2, 0.25) is 0 Å². The summed E-state index contributed by atoms with van der Waals surface area (Å²) in [6, 6.07) is 14.4. The molecule has 2 aromatic rings. The summed E-state index contributed by atoms with van der Waals surface area (Å²) in [6.07, 6.45) is 0.972. The number of hydrogen-bond donors (Lipinski definition) is 2. The first-order valence-corrected chi connectivity index (χ1v) is 7.01. The Labute approximate surface area is 120 Å². The van der Waals surface area contributed by atoms with Crippen LogP contribution in [-0.2, 0) is 6.42 Å². The summed E-state index contributed by atoms with van der Waals surface area (Å²) in [5, 5.41) is 3.37. The molecule has 106 valence electrons. The first-order chi connectivity index (χ1) is 9.70. The second-order valence-corrected chi connectivity index (χ2v) is 4.82. The summed E-state index contributed by atoms with van der Waals surface area (Å²) in [6.45, 7) is 5.54. The maximum absolute atomic E-state index is 6.09. The Morgan fingerprint density at radius 1 is 1.15 bits per heavy atom. The molecule has 0 aliphatic carbocycles. The lowest BCUT2D eigenvalue weighted by molar-refractivity contribution is 0.342. The SMILES string of the molecule is CCOc1cccc(NCCc2cccc(C)c2)c1N. The second-order valence-electron chi connectivity index (χ2n) is 4.82. The molecule has 2 rings (SSSR count). The monoisotopic (exact) mass is 270 g/mol. The quantitative estimate of drug-likeness (QED) is 0.788. The zero-order valence-electron chi connectivity index (χ0n) is 12.1. The van der Waals surface area contributed by atoms with Gasteiger partial charge in [-0.2, -0.15) is 0 Å². The molecule has 0 fully saturated rings. The van der Waals surface area contributed by atoms with Gasteiger partial charge in [-0.1, -0.05) is 35.9 Å². The lowest BCUT2D eigenvalue weighted by Crippen LogP contribution is -2.08. The fourth-order valence-electron chi connectivity index (χ4n) is 2.19. The summed E-state index contributed by atoms with van der Waals surface area (Å²) in [5.41, 5.74) is 10.3. The van der Waals surface area contributed by atoms with Gasteiger partial charge in [-0.15, -0.1) is 0 Å². The van der Waals surface area contributed by atoms with Crippen LogP contribution in [0.1, 0.15) is 18.1 Å². The third-order valence-corrected chi connectivity index (χ3v) is 3.18. The van der Waals surface area contributed by atoms with Gasteiger partial charge in [-0.25, -0.2) is 0 Å². The third-order valence-electron chi connectivity index (χ3n) is 3.18. The van der Waals surface area contributed by atoms with Crippen LogP contribution >= 0.6 is 0 Å². The maximum Gasteiger partial charge on any atom is 0.144 e. The Morgan fingerprint density at radius 2 is 1.95 bits per heavy atom. The van der Waals surface area contributed by atoms with E-state index in [1.807, 2.05) is 25.1 Å². The number of nitrogen functional groups attached to an aromatic ring is 1. The zero-order valence-corrected chi connectivity index (χ0v) is 12.1. The van der Waals surface area contributed by atoms with E-state index in [-0.39, 0.29) is 0 Å². The summed E-state index contributed by atoms with van der Waals surface area (Å²) in [7, 11) is 0. The summed E-state index contributed by atoms with van der Waals surface area (Å²) >= 11 is 0. The molecule has 0 aliphatic heterocycles. The molecule has 0 spiro atoms. The van der Waals surface area contributed by atoms with Gasteiger partial charge >= 0.3 is 0 Å². The molecule has 0 saturated heterocycles. The molecule has 3 N–H and O–H groups in total. The lowest BCUT2D eigenvalue weighted by atomic mass is 10.1. The van der Waals surface area contributed by atoms with Crippen molar-refractivity contribution in [2.75, 3.05) is 24.2 Å². The van der Waals surface area contributed by atoms with E-state index >= 15 is 0 Å². The first kappa shape index (κ1) is 14.3. The molecule has 0 heterocycles. The molecule has 3 heteroatoms. The van der Waals surface area contributed by atoms with Crippen molar-refractivity contribution in [3.05, 3.63) is 53.6 Å². The number of ether oxygens (including phenoxy) is 1. The zero-order chi connectivity index (χ0) is 14.4. The van der Waals surface area contributed by atoms with Crippen molar-refractivity contribution in [3.8, 4) is 5.75 Å². The minimum atomic E-state index is 0.622. The molecule has 2 aromatic carbocycles. The van der Waals surface area contributed by atoms with Crippen LogP contribution in [0.4, 0.5) is 11.4 Å². The Bertz CT molecular complexity index is 567. The Morgan fingerprint density at radius 3 is 2.70 bits per heavy atom. The highest BCUT2D eigenvalue weighted by molar-refractivity contribution is 5.72. The van der Waals surface area contributed by atoms with Crippen LogP contribution in [0, 0.1) is 6.92 Å². The predicted molar refractivity (Wildman–Crippen MR) is 85.4 cm³/mol. The molecule has 0 atom stereocenters. The maximum atomic E-state index is 6.09. The minimum absolute atomic E-state index is 0.622. The van der Waals surface area contributed by atoms with Gasteiger partial charge in [0.05, 0.1) is 18.0 Å². The van der Waals surface area contributed by atoms with Crippen LogP contribution in [0.5, 0.6) is 5.75 Å². The number of aryl methyl sites for hydroxylation is 1. The van der Waals surface area contributed by atoms with Crippen LogP contribution in [-0.4, -0.2) is 13.2 Å². The highest BCUT2D eigenvalue weighted by Crippen LogP contribution is 2.29.